The lowest BCUT2D eigenvalue weighted by Gasteiger charge is -2.04. The first-order valence-electron chi connectivity index (χ1n) is 4.02. The van der Waals surface area contributed by atoms with Crippen molar-refractivity contribution < 1.29 is 0 Å². The van der Waals surface area contributed by atoms with E-state index in [1.807, 2.05) is 24.4 Å². The average Bonchev–Trinajstić information content (AvgIpc) is 2.62. The number of aromatic nitrogens is 1. The Bertz CT molecular complexity index is 407. The summed E-state index contributed by atoms with van der Waals surface area (Å²) in [7, 11) is 0. The van der Waals surface area contributed by atoms with E-state index < -0.39 is 0 Å². The number of rotatable bonds is 1. The van der Waals surface area contributed by atoms with Crippen LogP contribution in [0.15, 0.2) is 29.1 Å². The van der Waals surface area contributed by atoms with Crippen LogP contribution in [0.25, 0.3) is 11.3 Å². The van der Waals surface area contributed by atoms with Crippen LogP contribution in [0.2, 0.25) is 0 Å². The molecule has 0 saturated heterocycles. The summed E-state index contributed by atoms with van der Waals surface area (Å²) >= 11 is 1.65. The van der Waals surface area contributed by atoms with Crippen LogP contribution in [0.5, 0.6) is 0 Å². The first-order chi connectivity index (χ1) is 6.29. The molecule has 2 aromatic heterocycles. The van der Waals surface area contributed by atoms with Crippen LogP contribution in [0.4, 0.5) is 5.69 Å². The summed E-state index contributed by atoms with van der Waals surface area (Å²) in [4.78, 5) is 4.26. The Morgan fingerprint density at radius 1 is 1.38 bits per heavy atom. The van der Waals surface area contributed by atoms with Gasteiger partial charge in [-0.3, -0.25) is 4.98 Å². The van der Waals surface area contributed by atoms with E-state index in [1.165, 1.54) is 0 Å². The Balaban J connectivity index is 2.59. The molecule has 0 aromatic carbocycles. The van der Waals surface area contributed by atoms with Crippen LogP contribution < -0.4 is 5.73 Å². The van der Waals surface area contributed by atoms with Crippen LogP contribution >= 0.6 is 11.3 Å². The molecular formula is C10H10N2S. The third-order valence-corrected chi connectivity index (χ3v) is 2.69. The van der Waals surface area contributed by atoms with Gasteiger partial charge in [0.1, 0.15) is 0 Å². The quantitative estimate of drug-likeness (QED) is 0.751. The Labute approximate surface area is 81.1 Å². The first kappa shape index (κ1) is 8.26. The molecule has 0 spiro atoms. The molecule has 66 valence electrons. The van der Waals surface area contributed by atoms with Crippen LogP contribution in [0.1, 0.15) is 5.56 Å². The van der Waals surface area contributed by atoms with Crippen LogP contribution in [-0.2, 0) is 0 Å². The molecule has 0 radical (unpaired) electrons. The standard InChI is InChI=1S/C10H10N2S/c1-7-2-4-12-10(9(7)11)8-3-5-13-6-8/h2-6H,11H2,1H3. The van der Waals surface area contributed by atoms with Crippen molar-refractivity contribution in [1.29, 1.82) is 0 Å². The molecule has 0 saturated carbocycles. The van der Waals surface area contributed by atoms with Gasteiger partial charge in [-0.1, -0.05) is 0 Å². The molecule has 2 N–H and O–H groups in total. The molecule has 0 fully saturated rings. The van der Waals surface area contributed by atoms with E-state index in [1.54, 1.807) is 17.5 Å². The van der Waals surface area contributed by atoms with E-state index in [2.05, 4.69) is 10.4 Å². The summed E-state index contributed by atoms with van der Waals surface area (Å²) in [6.07, 6.45) is 1.79. The summed E-state index contributed by atoms with van der Waals surface area (Å²) in [6.45, 7) is 1.99. The van der Waals surface area contributed by atoms with Crippen molar-refractivity contribution in [1.82, 2.24) is 4.98 Å². The molecule has 0 amide bonds. The van der Waals surface area contributed by atoms with Crippen LogP contribution in [0, 0.1) is 6.92 Å². The van der Waals surface area contributed by atoms with Gasteiger partial charge in [-0.25, -0.2) is 0 Å². The van der Waals surface area contributed by atoms with Crippen molar-refractivity contribution in [2.24, 2.45) is 0 Å². The van der Waals surface area contributed by atoms with E-state index >= 15 is 0 Å². The maximum atomic E-state index is 5.92. The van der Waals surface area contributed by atoms with Gasteiger partial charge in [0.2, 0.25) is 0 Å². The van der Waals surface area contributed by atoms with Gasteiger partial charge in [0.05, 0.1) is 11.4 Å². The molecule has 3 heteroatoms. The van der Waals surface area contributed by atoms with E-state index in [0.29, 0.717) is 0 Å². The molecule has 2 heterocycles. The summed E-state index contributed by atoms with van der Waals surface area (Å²) in [5.41, 5.74) is 9.77. The van der Waals surface area contributed by atoms with E-state index in [-0.39, 0.29) is 0 Å². The fraction of sp³-hybridized carbons (Fsp3) is 0.100. The number of aryl methyl sites for hydroxylation is 1. The second-order valence-electron chi connectivity index (χ2n) is 2.90. The maximum Gasteiger partial charge on any atom is 0.0942 e. The number of hydrogen-bond acceptors (Lipinski definition) is 3. The molecule has 0 bridgehead atoms. The number of nitrogens with two attached hydrogens (primary N) is 1. The third-order valence-electron chi connectivity index (χ3n) is 2.00. The lowest BCUT2D eigenvalue weighted by molar-refractivity contribution is 1.29. The number of pyridine rings is 1. The molecule has 0 aliphatic rings. The molecule has 0 unspecified atom stereocenters. The molecule has 2 nitrogen and oxygen atoms in total. The minimum Gasteiger partial charge on any atom is -0.397 e. The number of anilines is 1. The second-order valence-corrected chi connectivity index (χ2v) is 3.68. The normalized spacial score (nSPS) is 10.2. The van der Waals surface area contributed by atoms with Crippen LogP contribution in [0.3, 0.4) is 0 Å². The molecule has 0 atom stereocenters. The Morgan fingerprint density at radius 3 is 2.92 bits per heavy atom. The molecular weight excluding hydrogens is 180 g/mol. The van der Waals surface area contributed by atoms with E-state index in [9.17, 15) is 0 Å². The van der Waals surface area contributed by atoms with Gasteiger partial charge in [0.25, 0.3) is 0 Å². The Morgan fingerprint density at radius 2 is 2.23 bits per heavy atom. The molecule has 13 heavy (non-hydrogen) atoms. The van der Waals surface area contributed by atoms with Crippen molar-refractivity contribution in [3.05, 3.63) is 34.7 Å². The predicted octanol–water partition coefficient (Wildman–Crippen LogP) is 2.70. The summed E-state index contributed by atoms with van der Waals surface area (Å²) < 4.78 is 0. The highest BCUT2D eigenvalue weighted by atomic mass is 32.1. The SMILES string of the molecule is Cc1ccnc(-c2ccsc2)c1N. The lowest BCUT2D eigenvalue weighted by Crippen LogP contribution is -1.94. The van der Waals surface area contributed by atoms with Gasteiger partial charge >= 0.3 is 0 Å². The molecule has 2 aromatic rings. The zero-order chi connectivity index (χ0) is 9.26. The van der Waals surface area contributed by atoms with Crippen molar-refractivity contribution in [2.75, 3.05) is 5.73 Å². The predicted molar refractivity (Wildman–Crippen MR) is 56.7 cm³/mol. The molecule has 0 aliphatic carbocycles. The number of nitrogen functional groups attached to an aromatic ring is 1. The van der Waals surface area contributed by atoms with Gasteiger partial charge < -0.3 is 5.73 Å². The number of nitrogens with zero attached hydrogens (tertiary/aromatic N) is 1. The highest BCUT2D eigenvalue weighted by molar-refractivity contribution is 7.08. The molecule has 2 rings (SSSR count). The smallest absolute Gasteiger partial charge is 0.0942 e. The Kier molecular flexibility index (Phi) is 2.02. The number of hydrogen-bond donors (Lipinski definition) is 1. The van der Waals surface area contributed by atoms with Gasteiger partial charge in [-0.15, -0.1) is 0 Å². The minimum atomic E-state index is 0.779. The lowest BCUT2D eigenvalue weighted by atomic mass is 10.1. The van der Waals surface area contributed by atoms with E-state index in [0.717, 1.165) is 22.5 Å². The summed E-state index contributed by atoms with van der Waals surface area (Å²) in [5.74, 6) is 0. The zero-order valence-corrected chi connectivity index (χ0v) is 8.14. The van der Waals surface area contributed by atoms with Crippen molar-refractivity contribution in [2.45, 2.75) is 6.92 Å². The van der Waals surface area contributed by atoms with Gasteiger partial charge in [0, 0.05) is 17.1 Å². The Hall–Kier alpha value is -1.35. The van der Waals surface area contributed by atoms with Gasteiger partial charge in [-0.05, 0) is 30.0 Å². The topological polar surface area (TPSA) is 38.9 Å². The second kappa shape index (κ2) is 3.18. The van der Waals surface area contributed by atoms with Crippen molar-refractivity contribution >= 4 is 17.0 Å². The monoisotopic (exact) mass is 190 g/mol. The minimum absolute atomic E-state index is 0.779. The highest BCUT2D eigenvalue weighted by Crippen LogP contribution is 2.27. The maximum absolute atomic E-state index is 5.92. The van der Waals surface area contributed by atoms with Crippen molar-refractivity contribution in [3.8, 4) is 11.3 Å². The van der Waals surface area contributed by atoms with Crippen molar-refractivity contribution in [3.63, 3.8) is 0 Å². The average molecular weight is 190 g/mol. The fourth-order valence-electron chi connectivity index (χ4n) is 1.20. The highest BCUT2D eigenvalue weighted by Gasteiger charge is 2.05. The van der Waals surface area contributed by atoms with Crippen LogP contribution in [-0.4, -0.2) is 4.98 Å². The first-order valence-corrected chi connectivity index (χ1v) is 4.97. The largest absolute Gasteiger partial charge is 0.397 e. The summed E-state index contributed by atoms with van der Waals surface area (Å²) in [6, 6.07) is 3.95. The number of thiophene rings is 1. The zero-order valence-electron chi connectivity index (χ0n) is 7.32. The third kappa shape index (κ3) is 1.42. The summed E-state index contributed by atoms with van der Waals surface area (Å²) in [5, 5.41) is 4.08. The van der Waals surface area contributed by atoms with Gasteiger partial charge in [0.15, 0.2) is 0 Å². The van der Waals surface area contributed by atoms with E-state index in [4.69, 9.17) is 5.73 Å². The molecule has 0 aliphatic heterocycles. The fourth-order valence-corrected chi connectivity index (χ4v) is 1.84. The van der Waals surface area contributed by atoms with Gasteiger partial charge in [-0.2, -0.15) is 11.3 Å².